The summed E-state index contributed by atoms with van der Waals surface area (Å²) in [6.45, 7) is 4.34. The van der Waals surface area contributed by atoms with E-state index in [1.807, 2.05) is 24.3 Å². The molecule has 102 valence electrons. The number of rotatable bonds is 4. The molecule has 0 aromatic heterocycles. The van der Waals surface area contributed by atoms with E-state index in [0.717, 1.165) is 5.69 Å². The molecule has 0 saturated carbocycles. The van der Waals surface area contributed by atoms with Gasteiger partial charge >= 0.3 is 0 Å². The molecule has 3 heteroatoms. The molecule has 0 heterocycles. The van der Waals surface area contributed by atoms with Crippen LogP contribution >= 0.6 is 11.6 Å². The van der Waals surface area contributed by atoms with Gasteiger partial charge in [0.05, 0.1) is 16.6 Å². The topological polar surface area (TPSA) is 35.8 Å². The molecular formula is C17H17ClN2. The van der Waals surface area contributed by atoms with Gasteiger partial charge in [0.25, 0.3) is 0 Å². The monoisotopic (exact) mass is 284 g/mol. The first-order chi connectivity index (χ1) is 9.61. The number of nitrogens with zero attached hydrogens (tertiary/aromatic N) is 1. The highest BCUT2D eigenvalue weighted by Gasteiger charge is 2.15. The maximum Gasteiger partial charge on any atom is 0.101 e. The third kappa shape index (κ3) is 3.31. The van der Waals surface area contributed by atoms with Crippen molar-refractivity contribution in [1.82, 2.24) is 0 Å². The average Bonchev–Trinajstić information content (AvgIpc) is 2.47. The predicted octanol–water partition coefficient (Wildman–Crippen LogP) is 5.02. The van der Waals surface area contributed by atoms with Crippen LogP contribution in [0.5, 0.6) is 0 Å². The summed E-state index contributed by atoms with van der Waals surface area (Å²) in [5.41, 5.74) is 2.64. The van der Waals surface area contributed by atoms with Gasteiger partial charge in [-0.05, 0) is 29.7 Å². The highest BCUT2D eigenvalue weighted by atomic mass is 35.5. The van der Waals surface area contributed by atoms with Gasteiger partial charge in [0.2, 0.25) is 0 Å². The molecule has 1 atom stereocenters. The lowest BCUT2D eigenvalue weighted by molar-refractivity contribution is 0.546. The molecule has 2 aromatic rings. The zero-order valence-corrected chi connectivity index (χ0v) is 12.4. The minimum Gasteiger partial charge on any atom is -0.378 e. The van der Waals surface area contributed by atoms with Gasteiger partial charge in [-0.2, -0.15) is 5.26 Å². The van der Waals surface area contributed by atoms with Crippen molar-refractivity contribution in [2.75, 3.05) is 5.32 Å². The van der Waals surface area contributed by atoms with Crippen LogP contribution in [0.3, 0.4) is 0 Å². The fraction of sp³-hybridized carbons (Fsp3) is 0.235. The molecule has 0 fully saturated rings. The average molecular weight is 285 g/mol. The Morgan fingerprint density at radius 2 is 1.80 bits per heavy atom. The van der Waals surface area contributed by atoms with E-state index >= 15 is 0 Å². The van der Waals surface area contributed by atoms with Crippen LogP contribution in [0.25, 0.3) is 0 Å². The maximum atomic E-state index is 9.04. The number of nitriles is 1. The predicted molar refractivity (Wildman–Crippen MR) is 83.8 cm³/mol. The molecule has 2 aromatic carbocycles. The fourth-order valence-electron chi connectivity index (χ4n) is 2.18. The van der Waals surface area contributed by atoms with Gasteiger partial charge < -0.3 is 5.32 Å². The van der Waals surface area contributed by atoms with E-state index in [9.17, 15) is 0 Å². The van der Waals surface area contributed by atoms with E-state index in [1.54, 1.807) is 12.1 Å². The van der Waals surface area contributed by atoms with E-state index in [1.165, 1.54) is 5.56 Å². The van der Waals surface area contributed by atoms with Crippen LogP contribution in [0.15, 0.2) is 48.5 Å². The Labute approximate surface area is 125 Å². The molecule has 2 nitrogen and oxygen atoms in total. The Kier molecular flexibility index (Phi) is 4.65. The number of hydrogen-bond acceptors (Lipinski definition) is 2. The first kappa shape index (κ1) is 14.4. The van der Waals surface area contributed by atoms with Crippen LogP contribution < -0.4 is 5.32 Å². The molecule has 1 unspecified atom stereocenters. The van der Waals surface area contributed by atoms with E-state index < -0.39 is 0 Å². The van der Waals surface area contributed by atoms with Gasteiger partial charge in [-0.15, -0.1) is 0 Å². The summed E-state index contributed by atoms with van der Waals surface area (Å²) in [7, 11) is 0. The van der Waals surface area contributed by atoms with Crippen molar-refractivity contribution < 1.29 is 0 Å². The van der Waals surface area contributed by atoms with Crippen molar-refractivity contribution in [2.45, 2.75) is 19.9 Å². The Morgan fingerprint density at radius 1 is 1.10 bits per heavy atom. The first-order valence-corrected chi connectivity index (χ1v) is 7.00. The molecule has 0 amide bonds. The molecule has 1 N–H and O–H groups in total. The van der Waals surface area contributed by atoms with Crippen LogP contribution in [0.1, 0.15) is 31.0 Å². The second-order valence-corrected chi connectivity index (χ2v) is 5.49. The summed E-state index contributed by atoms with van der Waals surface area (Å²) < 4.78 is 0. The van der Waals surface area contributed by atoms with E-state index in [-0.39, 0.29) is 6.04 Å². The van der Waals surface area contributed by atoms with Crippen molar-refractivity contribution in [3.8, 4) is 6.07 Å². The molecule has 0 spiro atoms. The van der Waals surface area contributed by atoms with E-state index in [0.29, 0.717) is 16.5 Å². The molecule has 0 saturated heterocycles. The molecule has 0 radical (unpaired) electrons. The number of benzene rings is 2. The summed E-state index contributed by atoms with van der Waals surface area (Å²) in [6, 6.07) is 18.1. The summed E-state index contributed by atoms with van der Waals surface area (Å²) in [6.07, 6.45) is 0. The number of halogens is 1. The first-order valence-electron chi connectivity index (χ1n) is 6.63. The number of hydrogen-bond donors (Lipinski definition) is 1. The van der Waals surface area contributed by atoms with Gasteiger partial charge in [-0.25, -0.2) is 0 Å². The van der Waals surface area contributed by atoms with Crippen LogP contribution in [0.4, 0.5) is 5.69 Å². The zero-order valence-electron chi connectivity index (χ0n) is 11.6. The fourth-order valence-corrected chi connectivity index (χ4v) is 2.34. The molecule has 20 heavy (non-hydrogen) atoms. The highest BCUT2D eigenvalue weighted by Crippen LogP contribution is 2.28. The lowest BCUT2D eigenvalue weighted by Gasteiger charge is -2.24. The van der Waals surface area contributed by atoms with Crippen LogP contribution in [0, 0.1) is 17.2 Å². The van der Waals surface area contributed by atoms with Gasteiger partial charge in [0.15, 0.2) is 0 Å². The normalized spacial score (nSPS) is 11.9. The lowest BCUT2D eigenvalue weighted by Crippen LogP contribution is -2.16. The number of nitrogens with one attached hydrogen (secondary N) is 1. The van der Waals surface area contributed by atoms with E-state index in [4.69, 9.17) is 16.9 Å². The van der Waals surface area contributed by atoms with Crippen LogP contribution in [-0.2, 0) is 0 Å². The Morgan fingerprint density at radius 3 is 2.40 bits per heavy atom. The summed E-state index contributed by atoms with van der Waals surface area (Å²) in [4.78, 5) is 0. The largest absolute Gasteiger partial charge is 0.378 e. The smallest absolute Gasteiger partial charge is 0.101 e. The summed E-state index contributed by atoms with van der Waals surface area (Å²) in [5, 5.41) is 13.0. The molecule has 0 aliphatic rings. The highest BCUT2D eigenvalue weighted by molar-refractivity contribution is 6.31. The third-order valence-corrected chi connectivity index (χ3v) is 3.56. The van der Waals surface area contributed by atoms with Gasteiger partial charge in [0.1, 0.15) is 6.07 Å². The Balaban J connectivity index is 2.28. The molecule has 2 rings (SSSR count). The van der Waals surface area contributed by atoms with E-state index in [2.05, 4.69) is 37.4 Å². The Bertz CT molecular complexity index is 615. The minimum atomic E-state index is 0.198. The van der Waals surface area contributed by atoms with Gasteiger partial charge in [0, 0.05) is 5.69 Å². The lowest BCUT2D eigenvalue weighted by atomic mass is 9.95. The second-order valence-electron chi connectivity index (χ2n) is 5.08. The minimum absolute atomic E-state index is 0.198. The van der Waals surface area contributed by atoms with Gasteiger partial charge in [-0.1, -0.05) is 55.8 Å². The van der Waals surface area contributed by atoms with Crippen molar-refractivity contribution in [2.24, 2.45) is 5.92 Å². The van der Waals surface area contributed by atoms with Crippen molar-refractivity contribution >= 4 is 17.3 Å². The SMILES string of the molecule is CC(C)C(Nc1ccc(Cl)c(C#N)c1)c1ccccc1. The number of anilines is 1. The maximum absolute atomic E-state index is 9.04. The van der Waals surface area contributed by atoms with Crippen molar-refractivity contribution in [3.05, 3.63) is 64.7 Å². The molecule has 0 aliphatic carbocycles. The van der Waals surface area contributed by atoms with Crippen LogP contribution in [-0.4, -0.2) is 0 Å². The Hall–Kier alpha value is -1.98. The van der Waals surface area contributed by atoms with Gasteiger partial charge in [-0.3, -0.25) is 0 Å². The zero-order chi connectivity index (χ0) is 14.5. The van der Waals surface area contributed by atoms with Crippen molar-refractivity contribution in [1.29, 1.82) is 5.26 Å². The second kappa shape index (κ2) is 6.45. The summed E-state index contributed by atoms with van der Waals surface area (Å²) >= 11 is 5.96. The standard InChI is InChI=1S/C17H17ClN2/c1-12(2)17(13-6-4-3-5-7-13)20-15-8-9-16(18)14(10-15)11-19/h3-10,12,17,20H,1-2H3. The van der Waals surface area contributed by atoms with Crippen LogP contribution in [0.2, 0.25) is 5.02 Å². The molecule has 0 bridgehead atoms. The summed E-state index contributed by atoms with van der Waals surface area (Å²) in [5.74, 6) is 0.429. The third-order valence-electron chi connectivity index (χ3n) is 3.23. The molecule has 0 aliphatic heterocycles. The quantitative estimate of drug-likeness (QED) is 0.855. The molecular weight excluding hydrogens is 268 g/mol. The van der Waals surface area contributed by atoms with Crippen molar-refractivity contribution in [3.63, 3.8) is 0 Å².